The van der Waals surface area contributed by atoms with Gasteiger partial charge in [0, 0.05) is 31.1 Å². The predicted octanol–water partition coefficient (Wildman–Crippen LogP) is 2.29. The molecule has 1 fully saturated rings. The molecule has 6 nitrogen and oxygen atoms in total. The normalized spacial score (nSPS) is 19.2. The van der Waals surface area contributed by atoms with Crippen LogP contribution in [-0.4, -0.2) is 39.5 Å². The van der Waals surface area contributed by atoms with E-state index in [0.29, 0.717) is 19.3 Å². The first kappa shape index (κ1) is 16.4. The molecule has 22 heavy (non-hydrogen) atoms. The van der Waals surface area contributed by atoms with Crippen molar-refractivity contribution >= 4 is 11.6 Å². The number of hydrogen-bond acceptors (Lipinski definition) is 4. The van der Waals surface area contributed by atoms with Crippen LogP contribution in [0.5, 0.6) is 0 Å². The number of amides is 1. The van der Waals surface area contributed by atoms with Crippen LogP contribution in [0.4, 0.5) is 5.69 Å². The Morgan fingerprint density at radius 3 is 3.00 bits per heavy atom. The molecule has 120 valence electrons. The van der Waals surface area contributed by atoms with Gasteiger partial charge in [-0.2, -0.15) is 0 Å². The third-order valence-electron chi connectivity index (χ3n) is 4.06. The highest BCUT2D eigenvalue weighted by Crippen LogP contribution is 2.23. The van der Waals surface area contributed by atoms with E-state index < -0.39 is 11.0 Å². The number of carbonyl (C=O) groups is 1. The lowest BCUT2D eigenvalue weighted by Gasteiger charge is -2.25. The van der Waals surface area contributed by atoms with E-state index in [1.807, 2.05) is 4.90 Å². The predicted molar refractivity (Wildman–Crippen MR) is 82.5 cm³/mol. The van der Waals surface area contributed by atoms with E-state index in [1.165, 1.54) is 12.1 Å². The zero-order valence-corrected chi connectivity index (χ0v) is 12.8. The van der Waals surface area contributed by atoms with Crippen LogP contribution in [-0.2, 0) is 11.2 Å². The monoisotopic (exact) mass is 306 g/mol. The Hall–Kier alpha value is -1.95. The van der Waals surface area contributed by atoms with E-state index in [4.69, 9.17) is 0 Å². The summed E-state index contributed by atoms with van der Waals surface area (Å²) in [6.07, 6.45) is 2.96. The maximum atomic E-state index is 12.3. The lowest BCUT2D eigenvalue weighted by atomic mass is 10.1. The first-order valence-electron chi connectivity index (χ1n) is 7.68. The molecular formula is C16H22N2O4. The van der Waals surface area contributed by atoms with Gasteiger partial charge >= 0.3 is 0 Å². The van der Waals surface area contributed by atoms with Crippen molar-refractivity contribution in [3.63, 3.8) is 0 Å². The van der Waals surface area contributed by atoms with Crippen molar-refractivity contribution in [1.82, 2.24) is 4.90 Å². The van der Waals surface area contributed by atoms with Crippen LogP contribution in [0.1, 0.15) is 38.2 Å². The molecule has 0 aliphatic carbocycles. The zero-order valence-electron chi connectivity index (χ0n) is 12.8. The van der Waals surface area contributed by atoms with Gasteiger partial charge in [-0.15, -0.1) is 0 Å². The summed E-state index contributed by atoms with van der Waals surface area (Å²) >= 11 is 0. The summed E-state index contributed by atoms with van der Waals surface area (Å²) in [7, 11) is 0. The molecule has 1 N–H and O–H groups in total. The summed E-state index contributed by atoms with van der Waals surface area (Å²) in [5, 5.41) is 20.3. The summed E-state index contributed by atoms with van der Waals surface area (Å²) < 4.78 is 0. The average molecular weight is 306 g/mol. The Bertz CT molecular complexity index is 545. The molecule has 0 aromatic heterocycles. The molecule has 1 saturated heterocycles. The highest BCUT2D eigenvalue weighted by atomic mass is 16.6. The van der Waals surface area contributed by atoms with Crippen molar-refractivity contribution in [3.05, 3.63) is 39.9 Å². The number of carbonyl (C=O) groups excluding carboxylic acids is 1. The molecule has 1 heterocycles. The van der Waals surface area contributed by atoms with Crippen molar-refractivity contribution in [1.29, 1.82) is 0 Å². The van der Waals surface area contributed by atoms with E-state index in [1.54, 1.807) is 19.1 Å². The van der Waals surface area contributed by atoms with Crippen LogP contribution in [0.3, 0.4) is 0 Å². The number of nitro benzene ring substituents is 1. The van der Waals surface area contributed by atoms with Crippen molar-refractivity contribution in [3.8, 4) is 0 Å². The van der Waals surface area contributed by atoms with Crippen molar-refractivity contribution in [2.75, 3.05) is 6.54 Å². The molecule has 1 aromatic carbocycles. The molecule has 1 aliphatic rings. The number of aliphatic hydroxyl groups is 1. The van der Waals surface area contributed by atoms with E-state index >= 15 is 0 Å². The first-order chi connectivity index (χ1) is 10.5. The second kappa shape index (κ2) is 7.35. The Kier molecular flexibility index (Phi) is 5.49. The molecule has 0 saturated carbocycles. The standard InChI is InChI=1S/C16H22N2O4/c1-12(19)10-14-6-3-9-17(14)16(20)8-7-13-4-2-5-15(11-13)18(21)22/h2,4-5,11-12,14,19H,3,6-10H2,1H3. The van der Waals surface area contributed by atoms with Crippen LogP contribution >= 0.6 is 0 Å². The summed E-state index contributed by atoms with van der Waals surface area (Å²) in [5.41, 5.74) is 0.854. The number of aliphatic hydroxyl groups excluding tert-OH is 1. The fourth-order valence-electron chi connectivity index (χ4n) is 3.02. The molecule has 0 radical (unpaired) electrons. The quantitative estimate of drug-likeness (QED) is 0.645. The molecule has 0 spiro atoms. The van der Waals surface area contributed by atoms with Gasteiger partial charge in [-0.05, 0) is 38.2 Å². The zero-order chi connectivity index (χ0) is 16.1. The van der Waals surface area contributed by atoms with Gasteiger partial charge in [-0.3, -0.25) is 14.9 Å². The number of rotatable bonds is 6. The highest BCUT2D eigenvalue weighted by Gasteiger charge is 2.29. The lowest BCUT2D eigenvalue weighted by molar-refractivity contribution is -0.384. The van der Waals surface area contributed by atoms with Crippen LogP contribution in [0.25, 0.3) is 0 Å². The largest absolute Gasteiger partial charge is 0.393 e. The number of benzene rings is 1. The number of non-ortho nitro benzene ring substituents is 1. The number of nitro groups is 1. The molecule has 1 aromatic rings. The van der Waals surface area contributed by atoms with Gasteiger partial charge in [0.05, 0.1) is 11.0 Å². The number of nitrogens with zero attached hydrogens (tertiary/aromatic N) is 2. The van der Waals surface area contributed by atoms with Gasteiger partial charge < -0.3 is 10.0 Å². The Morgan fingerprint density at radius 1 is 1.55 bits per heavy atom. The highest BCUT2D eigenvalue weighted by molar-refractivity contribution is 5.77. The Labute approximate surface area is 129 Å². The Morgan fingerprint density at radius 2 is 2.32 bits per heavy atom. The molecule has 2 rings (SSSR count). The number of aryl methyl sites for hydroxylation is 1. The maximum Gasteiger partial charge on any atom is 0.269 e. The van der Waals surface area contributed by atoms with Gasteiger partial charge in [0.1, 0.15) is 0 Å². The molecule has 1 amide bonds. The van der Waals surface area contributed by atoms with Crippen molar-refractivity contribution in [2.24, 2.45) is 0 Å². The summed E-state index contributed by atoms with van der Waals surface area (Å²) in [4.78, 5) is 24.5. The minimum absolute atomic E-state index is 0.0538. The average Bonchev–Trinajstić information content (AvgIpc) is 2.92. The first-order valence-corrected chi connectivity index (χ1v) is 7.68. The van der Waals surface area contributed by atoms with Crippen LogP contribution in [0.15, 0.2) is 24.3 Å². The minimum Gasteiger partial charge on any atom is -0.393 e. The van der Waals surface area contributed by atoms with Crippen molar-refractivity contribution in [2.45, 2.75) is 51.2 Å². The van der Waals surface area contributed by atoms with Gasteiger partial charge in [0.2, 0.25) is 5.91 Å². The topological polar surface area (TPSA) is 83.7 Å². The van der Waals surface area contributed by atoms with Gasteiger partial charge in [-0.1, -0.05) is 12.1 Å². The van der Waals surface area contributed by atoms with Crippen molar-refractivity contribution < 1.29 is 14.8 Å². The number of likely N-dealkylation sites (tertiary alicyclic amines) is 1. The fraction of sp³-hybridized carbons (Fsp3) is 0.562. The van der Waals surface area contributed by atoms with Crippen LogP contribution in [0, 0.1) is 10.1 Å². The maximum absolute atomic E-state index is 12.3. The SMILES string of the molecule is CC(O)CC1CCCN1C(=O)CCc1cccc([N+](=O)[O-])c1. The second-order valence-electron chi connectivity index (χ2n) is 5.89. The van der Waals surface area contributed by atoms with Crippen LogP contribution < -0.4 is 0 Å². The molecule has 6 heteroatoms. The van der Waals surface area contributed by atoms with Gasteiger partial charge in [0.25, 0.3) is 5.69 Å². The fourth-order valence-corrected chi connectivity index (χ4v) is 3.02. The lowest BCUT2D eigenvalue weighted by Crippen LogP contribution is -2.37. The molecule has 0 bridgehead atoms. The second-order valence-corrected chi connectivity index (χ2v) is 5.89. The molecule has 1 aliphatic heterocycles. The minimum atomic E-state index is -0.426. The number of hydrogen-bond donors (Lipinski definition) is 1. The van der Waals surface area contributed by atoms with Gasteiger partial charge in [0.15, 0.2) is 0 Å². The Balaban J connectivity index is 1.92. The third kappa shape index (κ3) is 4.27. The van der Waals surface area contributed by atoms with Gasteiger partial charge in [-0.25, -0.2) is 0 Å². The summed E-state index contributed by atoms with van der Waals surface area (Å²) in [6.45, 7) is 2.48. The summed E-state index contributed by atoms with van der Waals surface area (Å²) in [6, 6.07) is 6.54. The smallest absolute Gasteiger partial charge is 0.269 e. The van der Waals surface area contributed by atoms with E-state index in [9.17, 15) is 20.0 Å². The van der Waals surface area contributed by atoms with E-state index in [-0.39, 0.29) is 17.6 Å². The van der Waals surface area contributed by atoms with Crippen LogP contribution in [0.2, 0.25) is 0 Å². The summed E-state index contributed by atoms with van der Waals surface area (Å²) in [5.74, 6) is 0.0645. The van der Waals surface area contributed by atoms with E-state index in [0.717, 1.165) is 24.9 Å². The van der Waals surface area contributed by atoms with E-state index in [2.05, 4.69) is 0 Å². The molecule has 2 atom stereocenters. The molecule has 2 unspecified atom stereocenters. The third-order valence-corrected chi connectivity index (χ3v) is 4.06. The molecular weight excluding hydrogens is 284 g/mol.